The molecule has 2 aromatic heterocycles. The maximum atomic E-state index is 4.91. The first-order valence-corrected chi connectivity index (χ1v) is 8.47. The highest BCUT2D eigenvalue weighted by atomic mass is 32.1. The van der Waals surface area contributed by atoms with Crippen molar-refractivity contribution in [2.75, 3.05) is 6.54 Å². The molecule has 1 aliphatic rings. The van der Waals surface area contributed by atoms with Gasteiger partial charge in [-0.3, -0.25) is 4.98 Å². The summed E-state index contributed by atoms with van der Waals surface area (Å²) in [6.07, 6.45) is 2.24. The Morgan fingerprint density at radius 3 is 2.86 bits per heavy atom. The molecule has 0 amide bonds. The number of fused-ring (bicyclic) bond motifs is 1. The van der Waals surface area contributed by atoms with Crippen LogP contribution in [0.15, 0.2) is 18.2 Å². The number of hydrogen-bond acceptors (Lipinski definition) is 4. The largest absolute Gasteiger partial charge is 0.309 e. The van der Waals surface area contributed by atoms with Crippen LogP contribution in [0.1, 0.15) is 49.5 Å². The van der Waals surface area contributed by atoms with Crippen molar-refractivity contribution in [2.45, 2.75) is 46.6 Å². The summed E-state index contributed by atoms with van der Waals surface area (Å²) in [6, 6.07) is 6.58. The summed E-state index contributed by atoms with van der Waals surface area (Å²) in [5.41, 5.74) is 3.62. The quantitative estimate of drug-likeness (QED) is 0.926. The molecule has 4 heteroatoms. The smallest absolute Gasteiger partial charge is 0.142 e. The Bertz CT molecular complexity index is 645. The minimum absolute atomic E-state index is 0.311. The van der Waals surface area contributed by atoms with Gasteiger partial charge in [0.1, 0.15) is 5.01 Å². The van der Waals surface area contributed by atoms with E-state index in [1.165, 1.54) is 17.0 Å². The minimum Gasteiger partial charge on any atom is -0.309 e. The third-order valence-electron chi connectivity index (χ3n) is 4.00. The van der Waals surface area contributed by atoms with Gasteiger partial charge in [-0.25, -0.2) is 4.98 Å². The van der Waals surface area contributed by atoms with Crippen LogP contribution in [0.3, 0.4) is 0 Å². The van der Waals surface area contributed by atoms with E-state index in [0.717, 1.165) is 29.4 Å². The van der Waals surface area contributed by atoms with E-state index in [1.807, 2.05) is 24.3 Å². The first-order valence-electron chi connectivity index (χ1n) is 7.65. The third-order valence-corrected chi connectivity index (χ3v) is 5.24. The zero-order chi connectivity index (χ0) is 15.0. The fourth-order valence-corrected chi connectivity index (χ4v) is 4.24. The van der Waals surface area contributed by atoms with E-state index in [-0.39, 0.29) is 0 Å². The van der Waals surface area contributed by atoms with Crippen molar-refractivity contribution in [3.63, 3.8) is 0 Å². The maximum Gasteiger partial charge on any atom is 0.142 e. The topological polar surface area (TPSA) is 37.8 Å². The SMILES string of the molecule is CCNC1CC(C)(C)Cc2nc(-c3cccc(C)n3)sc21. The molecule has 0 radical (unpaired) electrons. The molecular formula is C17H23N3S. The summed E-state index contributed by atoms with van der Waals surface area (Å²) < 4.78 is 0. The lowest BCUT2D eigenvalue weighted by molar-refractivity contribution is 0.260. The second kappa shape index (κ2) is 5.50. The zero-order valence-electron chi connectivity index (χ0n) is 13.2. The van der Waals surface area contributed by atoms with Gasteiger partial charge in [0.2, 0.25) is 0 Å². The lowest BCUT2D eigenvalue weighted by atomic mass is 9.76. The van der Waals surface area contributed by atoms with Crippen LogP contribution in [-0.4, -0.2) is 16.5 Å². The van der Waals surface area contributed by atoms with Crippen LogP contribution >= 0.6 is 11.3 Å². The van der Waals surface area contributed by atoms with E-state index in [4.69, 9.17) is 4.98 Å². The van der Waals surface area contributed by atoms with Crippen molar-refractivity contribution < 1.29 is 0 Å². The standard InChI is InChI=1S/C17H23N3S/c1-5-18-13-9-17(3,4)10-14-15(13)21-16(20-14)12-8-6-7-11(2)19-12/h6-8,13,18H,5,9-10H2,1-4H3. The Balaban J connectivity index is 2.01. The Morgan fingerprint density at radius 1 is 1.33 bits per heavy atom. The number of nitrogens with zero attached hydrogens (tertiary/aromatic N) is 2. The highest BCUT2D eigenvalue weighted by molar-refractivity contribution is 7.15. The fraction of sp³-hybridized carbons (Fsp3) is 0.529. The third kappa shape index (κ3) is 3.01. The van der Waals surface area contributed by atoms with Gasteiger partial charge in [-0.05, 0) is 43.9 Å². The Hall–Kier alpha value is -1.26. The average Bonchev–Trinajstić information content (AvgIpc) is 2.81. The number of aromatic nitrogens is 2. The highest BCUT2D eigenvalue weighted by Crippen LogP contribution is 2.44. The average molecular weight is 301 g/mol. The van der Waals surface area contributed by atoms with Gasteiger partial charge in [-0.1, -0.05) is 26.8 Å². The summed E-state index contributed by atoms with van der Waals surface area (Å²) in [5, 5.41) is 4.68. The number of nitrogens with one attached hydrogen (secondary N) is 1. The van der Waals surface area contributed by atoms with Gasteiger partial charge < -0.3 is 5.32 Å². The van der Waals surface area contributed by atoms with E-state index in [0.29, 0.717) is 11.5 Å². The molecule has 0 aliphatic heterocycles. The molecule has 2 aromatic rings. The molecule has 0 spiro atoms. The van der Waals surface area contributed by atoms with Crippen molar-refractivity contribution in [1.29, 1.82) is 0 Å². The highest BCUT2D eigenvalue weighted by Gasteiger charge is 2.34. The molecule has 3 rings (SSSR count). The van der Waals surface area contributed by atoms with E-state index in [2.05, 4.69) is 43.2 Å². The summed E-state index contributed by atoms with van der Waals surface area (Å²) in [5.74, 6) is 0. The van der Waals surface area contributed by atoms with Crippen LogP contribution in [0, 0.1) is 12.3 Å². The molecular weight excluding hydrogens is 278 g/mol. The number of thiazole rings is 1. The summed E-state index contributed by atoms with van der Waals surface area (Å²) in [6.45, 7) is 9.87. The molecule has 0 bridgehead atoms. The fourth-order valence-electron chi connectivity index (χ4n) is 3.12. The second-order valence-corrected chi connectivity index (χ2v) is 7.68. The van der Waals surface area contributed by atoms with Gasteiger partial charge in [0.15, 0.2) is 0 Å². The number of rotatable bonds is 3. The molecule has 0 saturated heterocycles. The summed E-state index contributed by atoms with van der Waals surface area (Å²) in [7, 11) is 0. The molecule has 1 aliphatic carbocycles. The predicted molar refractivity (Wildman–Crippen MR) is 88.6 cm³/mol. The van der Waals surface area contributed by atoms with Crippen molar-refractivity contribution in [2.24, 2.45) is 5.41 Å². The zero-order valence-corrected chi connectivity index (χ0v) is 14.0. The van der Waals surface area contributed by atoms with E-state index < -0.39 is 0 Å². The van der Waals surface area contributed by atoms with Gasteiger partial charge in [-0.2, -0.15) is 0 Å². The van der Waals surface area contributed by atoms with Crippen LogP contribution in [-0.2, 0) is 6.42 Å². The first-order chi connectivity index (χ1) is 9.98. The molecule has 0 saturated carbocycles. The van der Waals surface area contributed by atoms with E-state index in [1.54, 1.807) is 0 Å². The second-order valence-electron chi connectivity index (χ2n) is 6.65. The van der Waals surface area contributed by atoms with Crippen molar-refractivity contribution in [3.05, 3.63) is 34.5 Å². The Morgan fingerprint density at radius 2 is 2.14 bits per heavy atom. The lowest BCUT2D eigenvalue weighted by Gasteiger charge is -2.34. The molecule has 0 aromatic carbocycles. The molecule has 1 atom stereocenters. The molecule has 112 valence electrons. The maximum absolute atomic E-state index is 4.91. The monoisotopic (exact) mass is 301 g/mol. The van der Waals surface area contributed by atoms with Gasteiger partial charge >= 0.3 is 0 Å². The number of pyridine rings is 1. The van der Waals surface area contributed by atoms with Gasteiger partial charge in [0.05, 0.1) is 11.4 Å². The summed E-state index contributed by atoms with van der Waals surface area (Å²) in [4.78, 5) is 10.9. The van der Waals surface area contributed by atoms with Crippen LogP contribution in [0.5, 0.6) is 0 Å². The Labute approximate surface area is 130 Å². The molecule has 0 fully saturated rings. The molecule has 1 unspecified atom stereocenters. The molecule has 2 heterocycles. The van der Waals surface area contributed by atoms with Crippen LogP contribution in [0.2, 0.25) is 0 Å². The normalized spacial score (nSPS) is 20.3. The molecule has 1 N–H and O–H groups in total. The predicted octanol–water partition coefficient (Wildman–Crippen LogP) is 4.14. The summed E-state index contributed by atoms with van der Waals surface area (Å²) >= 11 is 1.81. The molecule has 21 heavy (non-hydrogen) atoms. The number of hydrogen-bond donors (Lipinski definition) is 1. The van der Waals surface area contributed by atoms with Crippen LogP contribution in [0.4, 0.5) is 0 Å². The van der Waals surface area contributed by atoms with Crippen molar-refractivity contribution in [1.82, 2.24) is 15.3 Å². The van der Waals surface area contributed by atoms with Crippen molar-refractivity contribution >= 4 is 11.3 Å². The lowest BCUT2D eigenvalue weighted by Crippen LogP contribution is -2.32. The first kappa shape index (κ1) is 14.7. The van der Waals surface area contributed by atoms with Crippen LogP contribution in [0.25, 0.3) is 10.7 Å². The van der Waals surface area contributed by atoms with Gasteiger partial charge in [-0.15, -0.1) is 11.3 Å². The van der Waals surface area contributed by atoms with Crippen LogP contribution < -0.4 is 5.32 Å². The van der Waals surface area contributed by atoms with E-state index >= 15 is 0 Å². The number of aryl methyl sites for hydroxylation is 1. The molecule has 3 nitrogen and oxygen atoms in total. The van der Waals surface area contributed by atoms with Gasteiger partial charge in [0.25, 0.3) is 0 Å². The van der Waals surface area contributed by atoms with Crippen molar-refractivity contribution in [3.8, 4) is 10.7 Å². The Kier molecular flexibility index (Phi) is 3.84. The van der Waals surface area contributed by atoms with E-state index in [9.17, 15) is 0 Å². The van der Waals surface area contributed by atoms with Gasteiger partial charge in [0, 0.05) is 16.6 Å². The minimum atomic E-state index is 0.311.